The van der Waals surface area contributed by atoms with Crippen molar-refractivity contribution in [3.63, 3.8) is 0 Å². The summed E-state index contributed by atoms with van der Waals surface area (Å²) in [7, 11) is 0. The third-order valence-electron chi connectivity index (χ3n) is 7.37. The standard InChI is InChI=1S/C31H33FN4O2/c1-20(2)21-10-12-23(13-11-21)29(22-7-4-3-5-8-22)35-31(38)27-17-25(32)19-36(27)28(37)15-14-24-18-34-30-26(24)9-6-16-33-30/h3-13,16,18,20,25,27,29H,14-15,17,19H2,1-2H3,(H,33,34)(H,35,38). The number of aromatic amines is 1. The Balaban J connectivity index is 1.32. The summed E-state index contributed by atoms with van der Waals surface area (Å²) in [4.78, 5) is 35.6. The van der Waals surface area contributed by atoms with Crippen molar-refractivity contribution in [3.05, 3.63) is 101 Å². The van der Waals surface area contributed by atoms with Gasteiger partial charge < -0.3 is 15.2 Å². The second-order valence-corrected chi connectivity index (χ2v) is 10.3. The van der Waals surface area contributed by atoms with Crippen LogP contribution in [0.25, 0.3) is 11.0 Å². The van der Waals surface area contributed by atoms with Crippen LogP contribution in [0.5, 0.6) is 0 Å². The molecule has 5 rings (SSSR count). The number of pyridine rings is 1. The lowest BCUT2D eigenvalue weighted by molar-refractivity contribution is -0.138. The van der Waals surface area contributed by atoms with Gasteiger partial charge in [-0.1, -0.05) is 68.4 Å². The highest BCUT2D eigenvalue weighted by Crippen LogP contribution is 2.28. The fraction of sp³-hybridized carbons (Fsp3) is 0.323. The predicted octanol–water partition coefficient (Wildman–Crippen LogP) is 5.46. The summed E-state index contributed by atoms with van der Waals surface area (Å²) < 4.78 is 14.6. The first-order valence-corrected chi connectivity index (χ1v) is 13.2. The minimum atomic E-state index is -1.23. The fourth-order valence-corrected chi connectivity index (χ4v) is 5.23. The summed E-state index contributed by atoms with van der Waals surface area (Å²) in [6, 6.07) is 20.5. The number of nitrogens with one attached hydrogen (secondary N) is 2. The Bertz CT molecular complexity index is 1400. The number of amides is 2. The lowest BCUT2D eigenvalue weighted by Gasteiger charge is -2.27. The van der Waals surface area contributed by atoms with Gasteiger partial charge in [0, 0.05) is 30.6 Å². The zero-order valence-electron chi connectivity index (χ0n) is 21.7. The van der Waals surface area contributed by atoms with E-state index in [-0.39, 0.29) is 31.2 Å². The fourth-order valence-electron chi connectivity index (χ4n) is 5.23. The number of hydrogen-bond donors (Lipinski definition) is 2. The predicted molar refractivity (Wildman–Crippen MR) is 146 cm³/mol. The van der Waals surface area contributed by atoms with Crippen molar-refractivity contribution in [3.8, 4) is 0 Å². The van der Waals surface area contributed by atoms with Gasteiger partial charge in [0.1, 0.15) is 17.9 Å². The first-order chi connectivity index (χ1) is 18.4. The van der Waals surface area contributed by atoms with Crippen molar-refractivity contribution in [1.82, 2.24) is 20.2 Å². The number of benzene rings is 2. The van der Waals surface area contributed by atoms with Crippen LogP contribution >= 0.6 is 0 Å². The molecular weight excluding hydrogens is 479 g/mol. The number of rotatable bonds is 8. The molecule has 4 aromatic rings. The zero-order valence-corrected chi connectivity index (χ0v) is 21.7. The average Bonchev–Trinajstić information content (AvgIpc) is 3.54. The smallest absolute Gasteiger partial charge is 0.243 e. The molecular formula is C31H33FN4O2. The van der Waals surface area contributed by atoms with Crippen molar-refractivity contribution >= 4 is 22.8 Å². The number of nitrogens with zero attached hydrogens (tertiary/aromatic N) is 2. The number of halogens is 1. The third-order valence-corrected chi connectivity index (χ3v) is 7.37. The summed E-state index contributed by atoms with van der Waals surface area (Å²) >= 11 is 0. The van der Waals surface area contributed by atoms with Gasteiger partial charge in [-0.25, -0.2) is 9.37 Å². The molecule has 1 aliphatic heterocycles. The Hall–Kier alpha value is -4.00. The van der Waals surface area contributed by atoms with Crippen LogP contribution in [0.15, 0.2) is 79.1 Å². The van der Waals surface area contributed by atoms with E-state index in [0.29, 0.717) is 12.3 Å². The van der Waals surface area contributed by atoms with E-state index in [2.05, 4.69) is 41.3 Å². The Morgan fingerprint density at radius 3 is 2.47 bits per heavy atom. The Kier molecular flexibility index (Phi) is 7.54. The van der Waals surface area contributed by atoms with E-state index in [4.69, 9.17) is 0 Å². The molecule has 0 radical (unpaired) electrons. The molecule has 2 aromatic carbocycles. The molecule has 1 aliphatic rings. The van der Waals surface area contributed by atoms with E-state index in [1.165, 1.54) is 10.5 Å². The quantitative estimate of drug-likeness (QED) is 0.329. The van der Waals surface area contributed by atoms with Crippen LogP contribution in [-0.4, -0.2) is 45.4 Å². The molecule has 6 nitrogen and oxygen atoms in total. The highest BCUT2D eigenvalue weighted by Gasteiger charge is 2.40. The SMILES string of the molecule is CC(C)c1ccc(C(NC(=O)C2CC(F)CN2C(=O)CCc2c[nH]c3ncccc23)c2ccccc2)cc1. The Morgan fingerprint density at radius 2 is 1.74 bits per heavy atom. The molecule has 3 unspecified atom stereocenters. The molecule has 3 atom stereocenters. The first-order valence-electron chi connectivity index (χ1n) is 13.2. The minimum absolute atomic E-state index is 0.00236. The highest BCUT2D eigenvalue weighted by atomic mass is 19.1. The summed E-state index contributed by atoms with van der Waals surface area (Å²) in [5.74, 6) is -0.161. The van der Waals surface area contributed by atoms with Crippen LogP contribution in [0.1, 0.15) is 60.9 Å². The van der Waals surface area contributed by atoms with Crippen LogP contribution in [0, 0.1) is 0 Å². The lowest BCUT2D eigenvalue weighted by Crippen LogP contribution is -2.47. The molecule has 0 saturated carbocycles. The topological polar surface area (TPSA) is 78.1 Å². The van der Waals surface area contributed by atoms with Crippen LogP contribution in [-0.2, 0) is 16.0 Å². The summed E-state index contributed by atoms with van der Waals surface area (Å²) in [5.41, 5.74) is 4.83. The number of carbonyl (C=O) groups excluding carboxylic acids is 2. The Labute approximate surface area is 222 Å². The number of carbonyl (C=O) groups is 2. The monoisotopic (exact) mass is 512 g/mol. The Morgan fingerprint density at radius 1 is 1.03 bits per heavy atom. The molecule has 0 bridgehead atoms. The maximum absolute atomic E-state index is 14.6. The molecule has 3 heterocycles. The number of aryl methyl sites for hydroxylation is 1. The summed E-state index contributed by atoms with van der Waals surface area (Å²) in [6.45, 7) is 4.21. The van der Waals surface area contributed by atoms with E-state index < -0.39 is 18.3 Å². The molecule has 38 heavy (non-hydrogen) atoms. The molecule has 2 amide bonds. The number of likely N-dealkylation sites (tertiary alicyclic amines) is 1. The number of hydrogen-bond acceptors (Lipinski definition) is 3. The normalized spacial score (nSPS) is 18.2. The molecule has 7 heteroatoms. The lowest BCUT2D eigenvalue weighted by atomic mass is 9.95. The van der Waals surface area contributed by atoms with Gasteiger partial charge in [-0.3, -0.25) is 9.59 Å². The molecule has 1 saturated heterocycles. The van der Waals surface area contributed by atoms with Crippen LogP contribution in [0.3, 0.4) is 0 Å². The molecule has 0 aliphatic carbocycles. The number of alkyl halides is 1. The maximum atomic E-state index is 14.6. The molecule has 196 valence electrons. The molecule has 1 fully saturated rings. The van der Waals surface area contributed by atoms with E-state index >= 15 is 0 Å². The average molecular weight is 513 g/mol. The van der Waals surface area contributed by atoms with Crippen molar-refractivity contribution in [2.75, 3.05) is 6.54 Å². The van der Waals surface area contributed by atoms with Gasteiger partial charge in [0.2, 0.25) is 11.8 Å². The van der Waals surface area contributed by atoms with Gasteiger partial charge in [0.25, 0.3) is 0 Å². The minimum Gasteiger partial charge on any atom is -0.346 e. The van der Waals surface area contributed by atoms with Gasteiger partial charge in [-0.2, -0.15) is 0 Å². The molecule has 2 N–H and O–H groups in total. The highest BCUT2D eigenvalue weighted by molar-refractivity contribution is 5.89. The largest absolute Gasteiger partial charge is 0.346 e. The zero-order chi connectivity index (χ0) is 26.6. The van der Waals surface area contributed by atoms with Crippen molar-refractivity contribution in [2.24, 2.45) is 0 Å². The summed E-state index contributed by atoms with van der Waals surface area (Å²) in [6.07, 6.45) is 3.02. The first kappa shape index (κ1) is 25.6. The van der Waals surface area contributed by atoms with Gasteiger partial charge in [-0.15, -0.1) is 0 Å². The second kappa shape index (κ2) is 11.2. The van der Waals surface area contributed by atoms with Crippen LogP contribution in [0.4, 0.5) is 4.39 Å². The number of aromatic nitrogens is 2. The van der Waals surface area contributed by atoms with Crippen LogP contribution in [0.2, 0.25) is 0 Å². The van der Waals surface area contributed by atoms with Gasteiger partial charge in [0.05, 0.1) is 12.6 Å². The van der Waals surface area contributed by atoms with E-state index in [0.717, 1.165) is 27.7 Å². The van der Waals surface area contributed by atoms with E-state index in [9.17, 15) is 14.0 Å². The second-order valence-electron chi connectivity index (χ2n) is 10.3. The molecule has 2 aromatic heterocycles. The third kappa shape index (κ3) is 5.47. The van der Waals surface area contributed by atoms with Gasteiger partial charge in [0.15, 0.2) is 0 Å². The van der Waals surface area contributed by atoms with Crippen LogP contribution < -0.4 is 5.32 Å². The van der Waals surface area contributed by atoms with Gasteiger partial charge >= 0.3 is 0 Å². The number of fused-ring (bicyclic) bond motifs is 1. The number of H-pyrrole nitrogens is 1. The van der Waals surface area contributed by atoms with E-state index in [1.807, 2.05) is 60.8 Å². The van der Waals surface area contributed by atoms with Crippen molar-refractivity contribution in [1.29, 1.82) is 0 Å². The van der Waals surface area contributed by atoms with Crippen molar-refractivity contribution in [2.45, 2.75) is 57.3 Å². The van der Waals surface area contributed by atoms with Crippen molar-refractivity contribution < 1.29 is 14.0 Å². The molecule has 0 spiro atoms. The summed E-state index contributed by atoms with van der Waals surface area (Å²) in [5, 5.41) is 4.09. The maximum Gasteiger partial charge on any atom is 0.243 e. The van der Waals surface area contributed by atoms with E-state index in [1.54, 1.807) is 6.20 Å². The van der Waals surface area contributed by atoms with Gasteiger partial charge in [-0.05, 0) is 46.7 Å².